The van der Waals surface area contributed by atoms with Crippen LogP contribution in [0.25, 0.3) is 0 Å². The van der Waals surface area contributed by atoms with E-state index >= 15 is 0 Å². The summed E-state index contributed by atoms with van der Waals surface area (Å²) in [7, 11) is 0. The van der Waals surface area contributed by atoms with E-state index in [0.29, 0.717) is 17.7 Å². The predicted molar refractivity (Wildman–Crippen MR) is 66.6 cm³/mol. The summed E-state index contributed by atoms with van der Waals surface area (Å²) in [5.41, 5.74) is 1.47. The van der Waals surface area contributed by atoms with Crippen LogP contribution in [0, 0.1) is 6.92 Å². The van der Waals surface area contributed by atoms with Crippen LogP contribution in [-0.4, -0.2) is 17.8 Å². The topological polar surface area (TPSA) is 43.4 Å². The third-order valence-corrected chi connectivity index (χ3v) is 2.63. The molecular formula is C13H15ClO3. The zero-order chi connectivity index (χ0) is 12.8. The van der Waals surface area contributed by atoms with E-state index in [0.717, 1.165) is 18.4 Å². The minimum atomic E-state index is -0.576. The van der Waals surface area contributed by atoms with Crippen LogP contribution in [0.3, 0.4) is 0 Å². The molecule has 92 valence electrons. The largest absolute Gasteiger partial charge is 0.462 e. The summed E-state index contributed by atoms with van der Waals surface area (Å²) in [5.74, 6) is -0.407. The number of benzene rings is 1. The second-order valence-electron chi connectivity index (χ2n) is 3.79. The fourth-order valence-electron chi connectivity index (χ4n) is 1.35. The number of esters is 1. The third-order valence-electron chi connectivity index (χ3n) is 2.42. The van der Waals surface area contributed by atoms with Crippen LogP contribution in [0.2, 0.25) is 0 Å². The molecule has 0 saturated heterocycles. The normalized spacial score (nSPS) is 10.1. The molecule has 1 aromatic rings. The van der Waals surface area contributed by atoms with Crippen molar-refractivity contribution in [2.24, 2.45) is 0 Å². The van der Waals surface area contributed by atoms with Crippen molar-refractivity contribution < 1.29 is 14.3 Å². The first-order chi connectivity index (χ1) is 8.06. The zero-order valence-electron chi connectivity index (χ0n) is 9.96. The molecule has 0 unspecified atom stereocenters. The average Bonchev–Trinajstić information content (AvgIpc) is 2.29. The van der Waals surface area contributed by atoms with Gasteiger partial charge in [-0.1, -0.05) is 19.4 Å². The molecule has 3 nitrogen and oxygen atoms in total. The summed E-state index contributed by atoms with van der Waals surface area (Å²) in [4.78, 5) is 22.7. The molecule has 1 rings (SSSR count). The van der Waals surface area contributed by atoms with Gasteiger partial charge in [-0.2, -0.15) is 0 Å². The van der Waals surface area contributed by atoms with Gasteiger partial charge in [0, 0.05) is 5.56 Å². The van der Waals surface area contributed by atoms with E-state index in [9.17, 15) is 9.59 Å². The van der Waals surface area contributed by atoms with Crippen LogP contribution in [0.4, 0.5) is 0 Å². The fraction of sp³-hybridized carbons (Fsp3) is 0.385. The van der Waals surface area contributed by atoms with E-state index in [2.05, 4.69) is 0 Å². The van der Waals surface area contributed by atoms with Crippen LogP contribution in [0.5, 0.6) is 0 Å². The van der Waals surface area contributed by atoms with E-state index in [1.54, 1.807) is 19.1 Å². The van der Waals surface area contributed by atoms with Gasteiger partial charge in [0.05, 0.1) is 12.2 Å². The van der Waals surface area contributed by atoms with Gasteiger partial charge in [-0.05, 0) is 42.6 Å². The van der Waals surface area contributed by atoms with Gasteiger partial charge in [-0.25, -0.2) is 4.79 Å². The molecule has 1 aromatic carbocycles. The number of hydrogen-bond acceptors (Lipinski definition) is 3. The summed E-state index contributed by atoms with van der Waals surface area (Å²) in [6.07, 6.45) is 1.80. The molecule has 0 fully saturated rings. The van der Waals surface area contributed by atoms with Crippen molar-refractivity contribution in [1.29, 1.82) is 0 Å². The Labute approximate surface area is 106 Å². The van der Waals surface area contributed by atoms with E-state index in [-0.39, 0.29) is 0 Å². The standard InChI is InChI=1S/C13H15ClO3/c1-3-4-7-17-13(16)11-8-10(12(14)15)6-5-9(11)2/h5-6,8H,3-4,7H2,1-2H3. The second-order valence-corrected chi connectivity index (χ2v) is 4.14. The van der Waals surface area contributed by atoms with Crippen LogP contribution < -0.4 is 0 Å². The van der Waals surface area contributed by atoms with Crippen molar-refractivity contribution in [1.82, 2.24) is 0 Å². The molecule has 17 heavy (non-hydrogen) atoms. The van der Waals surface area contributed by atoms with Gasteiger partial charge >= 0.3 is 5.97 Å². The Morgan fingerprint density at radius 3 is 2.65 bits per heavy atom. The smallest absolute Gasteiger partial charge is 0.338 e. The Balaban J connectivity index is 2.84. The molecule has 0 aliphatic heterocycles. The van der Waals surface area contributed by atoms with Crippen molar-refractivity contribution in [2.75, 3.05) is 6.61 Å². The summed E-state index contributed by atoms with van der Waals surface area (Å²) in [5, 5.41) is -0.576. The lowest BCUT2D eigenvalue weighted by Crippen LogP contribution is -2.09. The molecule has 0 aliphatic carbocycles. The molecule has 0 aromatic heterocycles. The maximum Gasteiger partial charge on any atom is 0.338 e. The first-order valence-electron chi connectivity index (χ1n) is 5.54. The lowest BCUT2D eigenvalue weighted by Gasteiger charge is -2.07. The zero-order valence-corrected chi connectivity index (χ0v) is 10.7. The summed E-state index contributed by atoms with van der Waals surface area (Å²) in [6.45, 7) is 4.21. The lowest BCUT2D eigenvalue weighted by molar-refractivity contribution is 0.0499. The number of aryl methyl sites for hydroxylation is 1. The maximum atomic E-state index is 11.7. The van der Waals surface area contributed by atoms with Gasteiger partial charge in [0.15, 0.2) is 0 Å². The van der Waals surface area contributed by atoms with E-state index in [1.165, 1.54) is 6.07 Å². The number of rotatable bonds is 5. The number of unbranched alkanes of at least 4 members (excludes halogenated alkanes) is 1. The number of carbonyl (C=O) groups is 2. The Kier molecular flexibility index (Phi) is 5.16. The van der Waals surface area contributed by atoms with Crippen molar-refractivity contribution in [3.05, 3.63) is 34.9 Å². The van der Waals surface area contributed by atoms with Crippen molar-refractivity contribution >= 4 is 22.8 Å². The molecule has 4 heteroatoms. The van der Waals surface area contributed by atoms with Gasteiger partial charge in [0.2, 0.25) is 0 Å². The number of ether oxygens (including phenoxy) is 1. The van der Waals surface area contributed by atoms with E-state index in [1.807, 2.05) is 6.92 Å². The van der Waals surface area contributed by atoms with Crippen molar-refractivity contribution in [3.8, 4) is 0 Å². The highest BCUT2D eigenvalue weighted by molar-refractivity contribution is 6.67. The van der Waals surface area contributed by atoms with Gasteiger partial charge in [0.1, 0.15) is 0 Å². The third kappa shape index (κ3) is 3.86. The molecule has 0 aliphatic rings. The molecule has 0 saturated carbocycles. The summed E-state index contributed by atoms with van der Waals surface area (Å²) < 4.78 is 5.09. The van der Waals surface area contributed by atoms with E-state index < -0.39 is 11.2 Å². The van der Waals surface area contributed by atoms with Crippen molar-refractivity contribution in [2.45, 2.75) is 26.7 Å². The monoisotopic (exact) mass is 254 g/mol. The average molecular weight is 255 g/mol. The highest BCUT2D eigenvalue weighted by Gasteiger charge is 2.13. The Bertz CT molecular complexity index is 427. The van der Waals surface area contributed by atoms with Crippen LogP contribution in [-0.2, 0) is 4.74 Å². The highest BCUT2D eigenvalue weighted by atomic mass is 35.5. The number of halogens is 1. The van der Waals surface area contributed by atoms with Crippen LogP contribution >= 0.6 is 11.6 Å². The summed E-state index contributed by atoms with van der Waals surface area (Å²) >= 11 is 5.37. The SMILES string of the molecule is CCCCOC(=O)c1cc(C(=O)Cl)ccc1C. The van der Waals surface area contributed by atoms with Gasteiger partial charge in [-0.3, -0.25) is 4.79 Å². The fourth-order valence-corrected chi connectivity index (χ4v) is 1.47. The number of hydrogen-bond donors (Lipinski definition) is 0. The van der Waals surface area contributed by atoms with Gasteiger partial charge in [-0.15, -0.1) is 0 Å². The second kappa shape index (κ2) is 6.40. The molecule has 0 heterocycles. The molecule has 0 spiro atoms. The maximum absolute atomic E-state index is 11.7. The minimum absolute atomic E-state index is 0.305. The van der Waals surface area contributed by atoms with E-state index in [4.69, 9.17) is 16.3 Å². The summed E-state index contributed by atoms with van der Waals surface area (Å²) in [6, 6.07) is 4.75. The van der Waals surface area contributed by atoms with Gasteiger partial charge < -0.3 is 4.74 Å². The first kappa shape index (κ1) is 13.7. The molecule has 0 radical (unpaired) electrons. The minimum Gasteiger partial charge on any atom is -0.462 e. The van der Waals surface area contributed by atoms with Gasteiger partial charge in [0.25, 0.3) is 5.24 Å². The van der Waals surface area contributed by atoms with Crippen LogP contribution in [0.1, 0.15) is 46.0 Å². The predicted octanol–water partition coefficient (Wildman–Crippen LogP) is 3.33. The quantitative estimate of drug-likeness (QED) is 0.460. The molecule has 0 atom stereocenters. The van der Waals surface area contributed by atoms with Crippen LogP contribution in [0.15, 0.2) is 18.2 Å². The Hall–Kier alpha value is -1.35. The first-order valence-corrected chi connectivity index (χ1v) is 5.91. The van der Waals surface area contributed by atoms with Crippen molar-refractivity contribution in [3.63, 3.8) is 0 Å². The molecule has 0 N–H and O–H groups in total. The number of carbonyl (C=O) groups excluding carboxylic acids is 2. The lowest BCUT2D eigenvalue weighted by atomic mass is 10.1. The Morgan fingerprint density at radius 2 is 2.06 bits per heavy atom. The molecule has 0 bridgehead atoms. The molecule has 0 amide bonds. The molecular weight excluding hydrogens is 240 g/mol. The highest BCUT2D eigenvalue weighted by Crippen LogP contribution is 2.14. The Morgan fingerprint density at radius 1 is 1.35 bits per heavy atom.